The van der Waals surface area contributed by atoms with Crippen LogP contribution in [0.2, 0.25) is 0 Å². The van der Waals surface area contributed by atoms with Crippen molar-refractivity contribution >= 4 is 5.97 Å². The molecule has 1 unspecified atom stereocenters. The van der Waals surface area contributed by atoms with E-state index >= 15 is 0 Å². The first kappa shape index (κ1) is 12.8. The third-order valence-electron chi connectivity index (χ3n) is 2.25. The first-order chi connectivity index (χ1) is 7.34. The normalized spacial score (nSPS) is 19.8. The highest BCUT2D eigenvalue weighted by atomic mass is 19.4. The Morgan fingerprint density at radius 3 is 2.25 bits per heavy atom. The third-order valence-corrected chi connectivity index (χ3v) is 2.25. The zero-order valence-electron chi connectivity index (χ0n) is 8.49. The molecule has 1 aliphatic rings. The summed E-state index contributed by atoms with van der Waals surface area (Å²) in [5.74, 6) is -3.12. The number of esters is 1. The van der Waals surface area contributed by atoms with Crippen molar-refractivity contribution in [1.82, 2.24) is 0 Å². The SMILES string of the molecule is CCOC(=O)C(O)(C1C=CC=C1)C(F)(F)F. The number of alkyl halides is 3. The van der Waals surface area contributed by atoms with E-state index in [1.54, 1.807) is 0 Å². The van der Waals surface area contributed by atoms with E-state index in [1.165, 1.54) is 19.1 Å². The molecule has 16 heavy (non-hydrogen) atoms. The van der Waals surface area contributed by atoms with Crippen molar-refractivity contribution in [3.05, 3.63) is 24.3 Å². The molecular formula is C10H11F3O3. The molecule has 0 amide bonds. The van der Waals surface area contributed by atoms with Gasteiger partial charge in [0.15, 0.2) is 0 Å². The van der Waals surface area contributed by atoms with Crippen LogP contribution in [-0.2, 0) is 9.53 Å². The van der Waals surface area contributed by atoms with Crippen LogP contribution in [0.15, 0.2) is 24.3 Å². The molecule has 1 aliphatic carbocycles. The van der Waals surface area contributed by atoms with Gasteiger partial charge in [-0.1, -0.05) is 24.3 Å². The smallest absolute Gasteiger partial charge is 0.429 e. The Hall–Kier alpha value is -1.30. The number of aliphatic hydroxyl groups is 1. The summed E-state index contributed by atoms with van der Waals surface area (Å²) in [6.07, 6.45) is -0.209. The minimum absolute atomic E-state index is 0.225. The van der Waals surface area contributed by atoms with Gasteiger partial charge in [0.1, 0.15) is 0 Å². The molecule has 0 aromatic carbocycles. The molecular weight excluding hydrogens is 225 g/mol. The lowest BCUT2D eigenvalue weighted by Gasteiger charge is -2.31. The lowest BCUT2D eigenvalue weighted by atomic mass is 9.87. The highest BCUT2D eigenvalue weighted by molar-refractivity contribution is 5.82. The number of hydrogen-bond acceptors (Lipinski definition) is 3. The number of hydrogen-bond donors (Lipinski definition) is 1. The fourth-order valence-electron chi connectivity index (χ4n) is 1.39. The van der Waals surface area contributed by atoms with E-state index in [2.05, 4.69) is 4.74 Å². The second kappa shape index (κ2) is 4.29. The van der Waals surface area contributed by atoms with E-state index in [4.69, 9.17) is 0 Å². The number of halogens is 3. The Labute approximate surface area is 90.2 Å². The van der Waals surface area contributed by atoms with Crippen LogP contribution in [0.3, 0.4) is 0 Å². The molecule has 1 atom stereocenters. The van der Waals surface area contributed by atoms with Gasteiger partial charge in [0.05, 0.1) is 6.61 Å². The second-order valence-corrected chi connectivity index (χ2v) is 3.28. The van der Waals surface area contributed by atoms with Gasteiger partial charge in [-0.15, -0.1) is 0 Å². The molecule has 0 fully saturated rings. The maximum atomic E-state index is 12.7. The summed E-state index contributed by atoms with van der Waals surface area (Å²) in [6, 6.07) is 0. The average Bonchev–Trinajstić information content (AvgIpc) is 2.67. The van der Waals surface area contributed by atoms with E-state index in [-0.39, 0.29) is 6.61 Å². The van der Waals surface area contributed by atoms with E-state index in [0.717, 1.165) is 12.2 Å². The largest absolute Gasteiger partial charge is 0.464 e. The van der Waals surface area contributed by atoms with E-state index < -0.39 is 23.7 Å². The van der Waals surface area contributed by atoms with Gasteiger partial charge in [-0.2, -0.15) is 13.2 Å². The molecule has 0 radical (unpaired) electrons. The van der Waals surface area contributed by atoms with Crippen LogP contribution in [0.4, 0.5) is 13.2 Å². The summed E-state index contributed by atoms with van der Waals surface area (Å²) < 4.78 is 42.4. The minimum atomic E-state index is -5.08. The molecule has 0 aromatic heterocycles. The summed E-state index contributed by atoms with van der Waals surface area (Å²) >= 11 is 0. The number of rotatable bonds is 3. The van der Waals surface area contributed by atoms with Gasteiger partial charge in [0.25, 0.3) is 5.60 Å². The van der Waals surface area contributed by atoms with Crippen LogP contribution in [0.5, 0.6) is 0 Å². The van der Waals surface area contributed by atoms with Crippen LogP contribution in [0.25, 0.3) is 0 Å². The second-order valence-electron chi connectivity index (χ2n) is 3.28. The fourth-order valence-corrected chi connectivity index (χ4v) is 1.39. The van der Waals surface area contributed by atoms with E-state index in [9.17, 15) is 23.1 Å². The third kappa shape index (κ3) is 1.97. The molecule has 0 aliphatic heterocycles. The summed E-state index contributed by atoms with van der Waals surface area (Å²) in [4.78, 5) is 11.2. The lowest BCUT2D eigenvalue weighted by molar-refractivity contribution is -0.269. The Kier molecular flexibility index (Phi) is 3.42. The molecule has 0 heterocycles. The molecule has 6 heteroatoms. The minimum Gasteiger partial charge on any atom is -0.464 e. The molecule has 0 saturated carbocycles. The van der Waals surface area contributed by atoms with Crippen molar-refractivity contribution in [3.63, 3.8) is 0 Å². The Morgan fingerprint density at radius 2 is 1.88 bits per heavy atom. The van der Waals surface area contributed by atoms with Crippen LogP contribution in [-0.4, -0.2) is 29.5 Å². The summed E-state index contributed by atoms with van der Waals surface area (Å²) in [5, 5.41) is 9.55. The number of carbonyl (C=O) groups is 1. The molecule has 0 spiro atoms. The van der Waals surface area contributed by atoms with Gasteiger partial charge < -0.3 is 9.84 Å². The predicted octanol–water partition coefficient (Wildman–Crippen LogP) is 1.59. The molecule has 1 N–H and O–H groups in total. The topological polar surface area (TPSA) is 46.5 Å². The number of allylic oxidation sites excluding steroid dienone is 2. The summed E-state index contributed by atoms with van der Waals surface area (Å²) in [6.45, 7) is 1.15. The van der Waals surface area contributed by atoms with Crippen molar-refractivity contribution in [1.29, 1.82) is 0 Å². The molecule has 0 bridgehead atoms. The Balaban J connectivity index is 3.07. The van der Waals surface area contributed by atoms with Crippen LogP contribution >= 0.6 is 0 Å². The van der Waals surface area contributed by atoms with Crippen molar-refractivity contribution in [2.24, 2.45) is 5.92 Å². The molecule has 3 nitrogen and oxygen atoms in total. The van der Waals surface area contributed by atoms with Crippen LogP contribution in [0.1, 0.15) is 6.92 Å². The first-order valence-electron chi connectivity index (χ1n) is 4.65. The Bertz CT molecular complexity index is 321. The van der Waals surface area contributed by atoms with Crippen LogP contribution < -0.4 is 0 Å². The van der Waals surface area contributed by atoms with Crippen molar-refractivity contribution < 1.29 is 27.8 Å². The molecule has 1 rings (SSSR count). The predicted molar refractivity (Wildman–Crippen MR) is 49.4 cm³/mol. The highest BCUT2D eigenvalue weighted by Gasteiger charge is 2.64. The fraction of sp³-hybridized carbons (Fsp3) is 0.500. The van der Waals surface area contributed by atoms with Gasteiger partial charge >= 0.3 is 12.1 Å². The van der Waals surface area contributed by atoms with Crippen molar-refractivity contribution in [3.8, 4) is 0 Å². The monoisotopic (exact) mass is 236 g/mol. The Morgan fingerprint density at radius 1 is 1.38 bits per heavy atom. The molecule has 90 valence electrons. The maximum absolute atomic E-state index is 12.7. The molecule has 0 saturated heterocycles. The van der Waals surface area contributed by atoms with Crippen molar-refractivity contribution in [2.45, 2.75) is 18.7 Å². The quantitative estimate of drug-likeness (QED) is 0.757. The average molecular weight is 236 g/mol. The van der Waals surface area contributed by atoms with E-state index in [0.29, 0.717) is 0 Å². The van der Waals surface area contributed by atoms with Gasteiger partial charge in [-0.3, -0.25) is 0 Å². The lowest BCUT2D eigenvalue weighted by Crippen LogP contribution is -2.57. The van der Waals surface area contributed by atoms with Crippen LogP contribution in [0, 0.1) is 5.92 Å². The van der Waals surface area contributed by atoms with Gasteiger partial charge in [0, 0.05) is 5.92 Å². The summed E-state index contributed by atoms with van der Waals surface area (Å²) in [7, 11) is 0. The standard InChI is InChI=1S/C10H11F3O3/c1-2-16-8(14)9(15,10(11,12)13)7-5-3-4-6-7/h3-7,15H,2H2,1H3. The van der Waals surface area contributed by atoms with Crippen molar-refractivity contribution in [2.75, 3.05) is 6.61 Å². The zero-order chi connectivity index (χ0) is 12.4. The van der Waals surface area contributed by atoms with E-state index in [1.807, 2.05) is 0 Å². The number of ether oxygens (including phenoxy) is 1. The van der Waals surface area contributed by atoms with Gasteiger partial charge in [-0.25, -0.2) is 4.79 Å². The van der Waals surface area contributed by atoms with Gasteiger partial charge in [0.2, 0.25) is 0 Å². The van der Waals surface area contributed by atoms with Gasteiger partial charge in [-0.05, 0) is 6.92 Å². The maximum Gasteiger partial charge on any atom is 0.429 e. The first-order valence-corrected chi connectivity index (χ1v) is 4.65. The number of carbonyl (C=O) groups excluding carboxylic acids is 1. The highest BCUT2D eigenvalue weighted by Crippen LogP contribution is 2.40. The summed E-state index contributed by atoms with van der Waals surface area (Å²) in [5.41, 5.74) is -3.51. The zero-order valence-corrected chi connectivity index (χ0v) is 8.49. The molecule has 0 aromatic rings.